The van der Waals surface area contributed by atoms with Crippen molar-refractivity contribution in [3.63, 3.8) is 0 Å². The minimum Gasteiger partial charge on any atom is -0.483 e. The van der Waals surface area contributed by atoms with Crippen LogP contribution in [0.15, 0.2) is 102 Å². The lowest BCUT2D eigenvalue weighted by molar-refractivity contribution is -0.142. The summed E-state index contributed by atoms with van der Waals surface area (Å²) >= 11 is 3.64. The zero-order valence-electron chi connectivity index (χ0n) is 21.6. The Bertz CT molecular complexity index is 1340. The molecule has 1 unspecified atom stereocenters. The van der Waals surface area contributed by atoms with E-state index in [0.717, 1.165) is 39.2 Å². The molecule has 0 aliphatic carbocycles. The maximum Gasteiger partial charge on any atom is 0.261 e. The molecule has 0 saturated heterocycles. The average Bonchev–Trinajstić information content (AvgIpc) is 2.95. The molecule has 0 heterocycles. The van der Waals surface area contributed by atoms with Crippen LogP contribution in [0, 0.1) is 0 Å². The highest BCUT2D eigenvalue weighted by atomic mass is 79.9. The summed E-state index contributed by atoms with van der Waals surface area (Å²) in [5, 5.41) is 5.14. The first kappa shape index (κ1) is 27.4. The van der Waals surface area contributed by atoms with E-state index in [1.807, 2.05) is 97.1 Å². The number of benzene rings is 4. The van der Waals surface area contributed by atoms with E-state index in [4.69, 9.17) is 4.74 Å². The molecule has 4 aromatic carbocycles. The number of fused-ring (bicyclic) bond motifs is 1. The van der Waals surface area contributed by atoms with E-state index in [1.165, 1.54) is 0 Å². The van der Waals surface area contributed by atoms with Gasteiger partial charge < -0.3 is 15.0 Å². The van der Waals surface area contributed by atoms with Gasteiger partial charge in [0.15, 0.2) is 6.61 Å². The van der Waals surface area contributed by atoms with Gasteiger partial charge in [-0.25, -0.2) is 0 Å². The Morgan fingerprint density at radius 2 is 1.53 bits per heavy atom. The first-order valence-electron chi connectivity index (χ1n) is 13.0. The summed E-state index contributed by atoms with van der Waals surface area (Å²) in [6.45, 7) is 2.79. The summed E-state index contributed by atoms with van der Waals surface area (Å²) in [7, 11) is 0. The normalized spacial score (nSPS) is 11.6. The van der Waals surface area contributed by atoms with Crippen LogP contribution in [0.2, 0.25) is 0 Å². The number of nitrogens with one attached hydrogen (secondary N) is 1. The Hall–Kier alpha value is -3.64. The van der Waals surface area contributed by atoms with Gasteiger partial charge in [-0.3, -0.25) is 9.59 Å². The fourth-order valence-electron chi connectivity index (χ4n) is 4.39. The minimum atomic E-state index is -0.675. The SMILES string of the molecule is CCCCNC(=O)C(Cc1ccccc1)N(Cc1ccccc1)C(=O)COc1ccc2ccccc2c1Br. The Balaban J connectivity index is 1.60. The molecule has 0 radical (unpaired) electrons. The molecule has 4 rings (SSSR count). The molecule has 4 aromatic rings. The summed E-state index contributed by atoms with van der Waals surface area (Å²) in [4.78, 5) is 28.9. The van der Waals surface area contributed by atoms with Crippen LogP contribution < -0.4 is 10.1 Å². The monoisotopic (exact) mass is 572 g/mol. The average molecular weight is 574 g/mol. The Morgan fingerprint density at radius 1 is 0.868 bits per heavy atom. The summed E-state index contributed by atoms with van der Waals surface area (Å²) < 4.78 is 6.84. The van der Waals surface area contributed by atoms with Gasteiger partial charge in [0, 0.05) is 19.5 Å². The number of rotatable bonds is 12. The van der Waals surface area contributed by atoms with Crippen LogP contribution in [0.1, 0.15) is 30.9 Å². The molecule has 0 aliphatic rings. The Labute approximate surface area is 232 Å². The Kier molecular flexibility index (Phi) is 9.93. The number of carbonyl (C=O) groups is 2. The van der Waals surface area contributed by atoms with E-state index in [1.54, 1.807) is 4.90 Å². The van der Waals surface area contributed by atoms with E-state index in [0.29, 0.717) is 25.3 Å². The fraction of sp³-hybridized carbons (Fsp3) is 0.250. The molecule has 196 valence electrons. The van der Waals surface area contributed by atoms with Gasteiger partial charge in [0.1, 0.15) is 11.8 Å². The van der Waals surface area contributed by atoms with Gasteiger partial charge in [-0.05, 0) is 50.3 Å². The van der Waals surface area contributed by atoms with E-state index < -0.39 is 6.04 Å². The summed E-state index contributed by atoms with van der Waals surface area (Å²) in [6.07, 6.45) is 2.28. The van der Waals surface area contributed by atoms with Crippen molar-refractivity contribution in [2.45, 2.75) is 38.8 Å². The van der Waals surface area contributed by atoms with E-state index in [9.17, 15) is 9.59 Å². The zero-order valence-corrected chi connectivity index (χ0v) is 23.2. The molecule has 0 bridgehead atoms. The van der Waals surface area contributed by atoms with Gasteiger partial charge in [-0.15, -0.1) is 0 Å². The highest BCUT2D eigenvalue weighted by Gasteiger charge is 2.30. The molecule has 1 atom stereocenters. The number of ether oxygens (including phenoxy) is 1. The molecular weight excluding hydrogens is 540 g/mol. The molecule has 0 fully saturated rings. The van der Waals surface area contributed by atoms with Crippen molar-refractivity contribution in [3.8, 4) is 5.75 Å². The number of halogens is 1. The molecule has 1 N–H and O–H groups in total. The largest absolute Gasteiger partial charge is 0.483 e. The van der Waals surface area contributed by atoms with Crippen molar-refractivity contribution in [2.75, 3.05) is 13.2 Å². The van der Waals surface area contributed by atoms with Crippen LogP contribution in [-0.2, 0) is 22.6 Å². The number of amides is 2. The van der Waals surface area contributed by atoms with Gasteiger partial charge in [0.25, 0.3) is 5.91 Å². The molecule has 2 amide bonds. The number of hydrogen-bond donors (Lipinski definition) is 1. The van der Waals surface area contributed by atoms with Gasteiger partial charge in [0.05, 0.1) is 4.47 Å². The Morgan fingerprint density at radius 3 is 2.24 bits per heavy atom. The number of carbonyl (C=O) groups excluding carboxylic acids is 2. The topological polar surface area (TPSA) is 58.6 Å². The van der Waals surface area contributed by atoms with Crippen molar-refractivity contribution in [2.24, 2.45) is 0 Å². The second-order valence-corrected chi connectivity index (χ2v) is 10.0. The van der Waals surface area contributed by atoms with Crippen LogP contribution in [0.25, 0.3) is 10.8 Å². The standard InChI is InChI=1S/C32H33BrN2O3/c1-2-3-20-34-32(37)28(21-24-12-6-4-7-13-24)35(22-25-14-8-5-9-15-25)30(36)23-38-29-19-18-26-16-10-11-17-27(26)31(29)33/h4-19,28H,2-3,20-23H2,1H3,(H,34,37). The molecule has 0 aliphatic heterocycles. The van der Waals surface area contributed by atoms with Gasteiger partial charge in [-0.2, -0.15) is 0 Å². The zero-order chi connectivity index (χ0) is 26.7. The lowest BCUT2D eigenvalue weighted by Crippen LogP contribution is -2.51. The fourth-order valence-corrected chi connectivity index (χ4v) is 5.00. The maximum atomic E-state index is 13.8. The second kappa shape index (κ2) is 13.8. The predicted molar refractivity (Wildman–Crippen MR) is 156 cm³/mol. The number of nitrogens with zero attached hydrogens (tertiary/aromatic N) is 1. The maximum absolute atomic E-state index is 13.8. The van der Waals surface area contributed by atoms with Crippen molar-refractivity contribution in [3.05, 3.63) is 113 Å². The summed E-state index contributed by atoms with van der Waals surface area (Å²) in [5.41, 5.74) is 1.94. The molecule has 0 spiro atoms. The molecular formula is C32H33BrN2O3. The van der Waals surface area contributed by atoms with E-state index in [2.05, 4.69) is 28.2 Å². The lowest BCUT2D eigenvalue weighted by atomic mass is 10.0. The van der Waals surface area contributed by atoms with Crippen LogP contribution in [0.5, 0.6) is 5.75 Å². The second-order valence-electron chi connectivity index (χ2n) is 9.24. The highest BCUT2D eigenvalue weighted by Crippen LogP contribution is 2.33. The summed E-state index contributed by atoms with van der Waals surface area (Å²) in [5.74, 6) is 0.183. The first-order valence-corrected chi connectivity index (χ1v) is 13.8. The van der Waals surface area contributed by atoms with Crippen molar-refractivity contribution >= 4 is 38.5 Å². The number of hydrogen-bond acceptors (Lipinski definition) is 3. The molecule has 5 nitrogen and oxygen atoms in total. The van der Waals surface area contributed by atoms with Crippen molar-refractivity contribution in [1.82, 2.24) is 10.2 Å². The van der Waals surface area contributed by atoms with E-state index in [-0.39, 0.29) is 18.4 Å². The van der Waals surface area contributed by atoms with Crippen LogP contribution in [-0.4, -0.2) is 35.9 Å². The molecule has 0 saturated carbocycles. The van der Waals surface area contributed by atoms with Gasteiger partial charge in [0.2, 0.25) is 5.91 Å². The van der Waals surface area contributed by atoms with Crippen molar-refractivity contribution < 1.29 is 14.3 Å². The third-order valence-corrected chi connectivity index (χ3v) is 7.29. The van der Waals surface area contributed by atoms with E-state index >= 15 is 0 Å². The van der Waals surface area contributed by atoms with Crippen molar-refractivity contribution in [1.29, 1.82) is 0 Å². The lowest BCUT2D eigenvalue weighted by Gasteiger charge is -2.31. The van der Waals surface area contributed by atoms with Gasteiger partial charge in [-0.1, -0.05) is 104 Å². The highest BCUT2D eigenvalue weighted by molar-refractivity contribution is 9.10. The molecule has 6 heteroatoms. The van der Waals surface area contributed by atoms with Gasteiger partial charge >= 0.3 is 0 Å². The van der Waals surface area contributed by atoms with Crippen LogP contribution >= 0.6 is 15.9 Å². The van der Waals surface area contributed by atoms with Crippen LogP contribution in [0.4, 0.5) is 0 Å². The summed E-state index contributed by atoms with van der Waals surface area (Å²) in [6, 6.07) is 30.7. The number of unbranched alkanes of at least 4 members (excludes halogenated alkanes) is 1. The van der Waals surface area contributed by atoms with Crippen LogP contribution in [0.3, 0.4) is 0 Å². The predicted octanol–water partition coefficient (Wildman–Crippen LogP) is 6.54. The molecule has 38 heavy (non-hydrogen) atoms. The third kappa shape index (κ3) is 7.23. The first-order chi connectivity index (χ1) is 18.6. The quantitative estimate of drug-likeness (QED) is 0.196. The smallest absolute Gasteiger partial charge is 0.261 e. The molecule has 0 aromatic heterocycles. The third-order valence-electron chi connectivity index (χ3n) is 6.48. The minimum absolute atomic E-state index is 0.154.